The number of ether oxygens (including phenoxy) is 1. The Morgan fingerprint density at radius 3 is 2.38 bits per heavy atom. The third kappa shape index (κ3) is 3.54. The fourth-order valence-corrected chi connectivity index (χ4v) is 8.56. The van der Waals surface area contributed by atoms with Crippen LogP contribution >= 0.6 is 0 Å². The highest BCUT2D eigenvalue weighted by atomic mass is 16.5. The van der Waals surface area contributed by atoms with Gasteiger partial charge in [0.25, 0.3) is 0 Å². The number of rotatable bonds is 3. The van der Waals surface area contributed by atoms with Gasteiger partial charge in [-0.2, -0.15) is 0 Å². The van der Waals surface area contributed by atoms with Crippen LogP contribution in [0.5, 0.6) is 11.5 Å². The largest absolute Gasteiger partial charge is 0.504 e. The van der Waals surface area contributed by atoms with Gasteiger partial charge in [-0.05, 0) is 74.3 Å². The second-order valence-electron chi connectivity index (χ2n) is 12.4. The molecule has 2 amide bonds. The second-order valence-corrected chi connectivity index (χ2v) is 12.4. The van der Waals surface area contributed by atoms with Crippen molar-refractivity contribution in [3.63, 3.8) is 0 Å². The quantitative estimate of drug-likeness (QED) is 0.441. The summed E-state index contributed by atoms with van der Waals surface area (Å²) in [5.74, 6) is -2.32. The van der Waals surface area contributed by atoms with E-state index < -0.39 is 29.1 Å². The van der Waals surface area contributed by atoms with Gasteiger partial charge in [0.05, 0.1) is 24.4 Å². The van der Waals surface area contributed by atoms with Crippen LogP contribution in [0.3, 0.4) is 0 Å². The summed E-state index contributed by atoms with van der Waals surface area (Å²) >= 11 is 0. The Kier molecular flexibility index (Phi) is 6.12. The standard InChI is InChI=1S/C32H37NO6/c1-16-17(2)29(36)32(3)23(28(16)35)15-22-20(27(32)18-10-13-24(34)25(14-18)39-4)11-12-21-26(22)31(38)33(30(21)37)19-8-6-5-7-9-19/h10-11,13-14,19,21-23,26-27,34H,5-9,12,15H2,1-4H3/t21-,22+,23-,26-,27-,32+/m0/s1. The maximum absolute atomic E-state index is 14.1. The predicted octanol–water partition coefficient (Wildman–Crippen LogP) is 4.88. The molecule has 39 heavy (non-hydrogen) atoms. The van der Waals surface area contributed by atoms with Crippen molar-refractivity contribution in [1.82, 2.24) is 4.90 Å². The lowest BCUT2D eigenvalue weighted by molar-refractivity contribution is -0.144. The van der Waals surface area contributed by atoms with Crippen LogP contribution in [0.25, 0.3) is 0 Å². The molecule has 1 aromatic rings. The molecule has 1 saturated heterocycles. The SMILES string of the molecule is COc1cc([C@H]2C3=CC[C@@H]4C(=O)N(C5CCCCC5)C(=O)[C@@H]4[C@@H]3C[C@H]3C(=O)C(C)=C(C)C(=O)[C@@]23C)ccc1O. The monoisotopic (exact) mass is 531 g/mol. The Labute approximate surface area is 229 Å². The van der Waals surface area contributed by atoms with Gasteiger partial charge in [0.15, 0.2) is 23.1 Å². The lowest BCUT2D eigenvalue weighted by Gasteiger charge is -2.54. The number of hydrogen-bond acceptors (Lipinski definition) is 6. The number of carbonyl (C=O) groups excluding carboxylic acids is 4. The number of aromatic hydroxyl groups is 1. The van der Waals surface area contributed by atoms with Crippen LogP contribution in [0.2, 0.25) is 0 Å². The number of amides is 2. The summed E-state index contributed by atoms with van der Waals surface area (Å²) in [6.07, 6.45) is 7.80. The third-order valence-electron chi connectivity index (χ3n) is 10.7. The minimum absolute atomic E-state index is 0.00865. The number of hydrogen-bond donors (Lipinski definition) is 1. The van der Waals surface area contributed by atoms with Gasteiger partial charge in [0, 0.05) is 17.9 Å². The zero-order chi connectivity index (χ0) is 27.8. The molecule has 0 unspecified atom stereocenters. The van der Waals surface area contributed by atoms with Crippen LogP contribution in [0.15, 0.2) is 41.0 Å². The van der Waals surface area contributed by atoms with Crippen molar-refractivity contribution < 1.29 is 29.0 Å². The third-order valence-corrected chi connectivity index (χ3v) is 10.7. The summed E-state index contributed by atoms with van der Waals surface area (Å²) in [4.78, 5) is 57.2. The molecule has 0 bridgehead atoms. The van der Waals surface area contributed by atoms with Crippen molar-refractivity contribution >= 4 is 23.4 Å². The number of carbonyl (C=O) groups is 4. The molecule has 0 spiro atoms. The van der Waals surface area contributed by atoms with Crippen molar-refractivity contribution in [2.24, 2.45) is 29.1 Å². The smallest absolute Gasteiger partial charge is 0.233 e. The summed E-state index contributed by atoms with van der Waals surface area (Å²) in [6, 6.07) is 5.05. The molecule has 7 nitrogen and oxygen atoms in total. The summed E-state index contributed by atoms with van der Waals surface area (Å²) in [6.45, 7) is 5.33. The first-order valence-corrected chi connectivity index (χ1v) is 14.3. The fraction of sp³-hybridized carbons (Fsp3) is 0.562. The van der Waals surface area contributed by atoms with Crippen LogP contribution in [0.4, 0.5) is 0 Å². The summed E-state index contributed by atoms with van der Waals surface area (Å²) in [5.41, 5.74) is 1.65. The molecule has 1 aromatic carbocycles. The molecular weight excluding hydrogens is 494 g/mol. The number of imide groups is 1. The number of fused-ring (bicyclic) bond motifs is 4. The van der Waals surface area contributed by atoms with E-state index in [2.05, 4.69) is 6.08 Å². The Bertz CT molecular complexity index is 1350. The Hall–Kier alpha value is -3.22. The van der Waals surface area contributed by atoms with Gasteiger partial charge >= 0.3 is 0 Å². The van der Waals surface area contributed by atoms with Crippen LogP contribution < -0.4 is 4.74 Å². The van der Waals surface area contributed by atoms with Gasteiger partial charge in [-0.1, -0.05) is 43.9 Å². The van der Waals surface area contributed by atoms with Crippen molar-refractivity contribution in [3.05, 3.63) is 46.6 Å². The van der Waals surface area contributed by atoms with Crippen LogP contribution in [0.1, 0.15) is 77.2 Å². The van der Waals surface area contributed by atoms with Crippen molar-refractivity contribution in [3.8, 4) is 11.5 Å². The van der Waals surface area contributed by atoms with E-state index in [-0.39, 0.29) is 46.8 Å². The number of likely N-dealkylation sites (tertiary alicyclic amines) is 1. The second kappa shape index (κ2) is 9.17. The molecule has 206 valence electrons. The van der Waals surface area contributed by atoms with Crippen LogP contribution in [-0.4, -0.2) is 46.5 Å². The molecule has 4 aliphatic carbocycles. The minimum atomic E-state index is -1.05. The normalized spacial score (nSPS) is 35.0. The van der Waals surface area contributed by atoms with Gasteiger partial charge in [0.1, 0.15) is 0 Å². The van der Waals surface area contributed by atoms with E-state index in [0.717, 1.165) is 43.2 Å². The molecule has 2 saturated carbocycles. The maximum Gasteiger partial charge on any atom is 0.233 e. The Morgan fingerprint density at radius 1 is 0.974 bits per heavy atom. The van der Waals surface area contributed by atoms with Gasteiger partial charge < -0.3 is 9.84 Å². The average Bonchev–Trinajstić information content (AvgIpc) is 3.20. The molecule has 0 aromatic heterocycles. The van der Waals surface area contributed by atoms with Gasteiger partial charge in [-0.15, -0.1) is 0 Å². The van der Waals surface area contributed by atoms with Crippen LogP contribution in [0, 0.1) is 29.1 Å². The van der Waals surface area contributed by atoms with E-state index in [1.54, 1.807) is 36.9 Å². The van der Waals surface area contributed by atoms with E-state index >= 15 is 0 Å². The van der Waals surface area contributed by atoms with E-state index in [0.29, 0.717) is 24.0 Å². The number of Topliss-reactive ketones (excluding diaryl/α,β-unsaturated/α-hetero) is 2. The van der Waals surface area contributed by atoms with Crippen molar-refractivity contribution in [2.45, 2.75) is 77.7 Å². The number of benzene rings is 1. The Balaban J connectivity index is 1.49. The Morgan fingerprint density at radius 2 is 1.69 bits per heavy atom. The topological polar surface area (TPSA) is 101 Å². The maximum atomic E-state index is 14.1. The summed E-state index contributed by atoms with van der Waals surface area (Å²) < 4.78 is 5.41. The first-order valence-electron chi connectivity index (χ1n) is 14.3. The highest BCUT2D eigenvalue weighted by Gasteiger charge is 2.64. The molecule has 5 aliphatic rings. The first-order chi connectivity index (χ1) is 18.6. The zero-order valence-electron chi connectivity index (χ0n) is 23.2. The number of methoxy groups -OCH3 is 1. The minimum Gasteiger partial charge on any atom is -0.504 e. The summed E-state index contributed by atoms with van der Waals surface area (Å²) in [5, 5.41) is 10.3. The molecule has 1 heterocycles. The molecule has 6 rings (SSSR count). The average molecular weight is 532 g/mol. The van der Waals surface area contributed by atoms with Crippen molar-refractivity contribution in [2.75, 3.05) is 7.11 Å². The molecule has 0 radical (unpaired) electrons. The lowest BCUT2D eigenvalue weighted by atomic mass is 9.46. The first kappa shape index (κ1) is 26.0. The van der Waals surface area contributed by atoms with Crippen LogP contribution in [-0.2, 0) is 19.2 Å². The number of ketones is 2. The van der Waals surface area contributed by atoms with E-state index in [1.165, 1.54) is 7.11 Å². The molecule has 7 heteroatoms. The predicted molar refractivity (Wildman–Crippen MR) is 144 cm³/mol. The van der Waals surface area contributed by atoms with Gasteiger partial charge in [-0.3, -0.25) is 24.1 Å². The number of allylic oxidation sites excluding steroid dienone is 4. The number of phenolic OH excluding ortho intramolecular Hbond substituents is 1. The molecule has 6 atom stereocenters. The fourth-order valence-electron chi connectivity index (χ4n) is 8.56. The lowest BCUT2D eigenvalue weighted by Crippen LogP contribution is -2.55. The van der Waals surface area contributed by atoms with Gasteiger partial charge in [0.2, 0.25) is 11.8 Å². The number of nitrogens with zero attached hydrogens (tertiary/aromatic N) is 1. The molecule has 3 fully saturated rings. The van der Waals surface area contributed by atoms with E-state index in [4.69, 9.17) is 4.74 Å². The highest BCUT2D eigenvalue weighted by molar-refractivity contribution is 6.16. The number of phenols is 1. The molecule has 1 N–H and O–H groups in total. The van der Waals surface area contributed by atoms with Gasteiger partial charge in [-0.25, -0.2) is 0 Å². The van der Waals surface area contributed by atoms with E-state index in [1.807, 2.05) is 6.92 Å². The summed E-state index contributed by atoms with van der Waals surface area (Å²) in [7, 11) is 1.48. The van der Waals surface area contributed by atoms with Crippen molar-refractivity contribution in [1.29, 1.82) is 0 Å². The zero-order valence-corrected chi connectivity index (χ0v) is 23.2. The van der Waals surface area contributed by atoms with E-state index in [9.17, 15) is 24.3 Å². The molecular formula is C32H37NO6. The molecule has 1 aliphatic heterocycles. The highest BCUT2D eigenvalue weighted by Crippen LogP contribution is 2.63.